The van der Waals surface area contributed by atoms with Crippen LogP contribution in [-0.4, -0.2) is 66.3 Å². The first-order valence-electron chi connectivity index (χ1n) is 9.49. The fraction of sp³-hybridized carbons (Fsp3) is 0.364. The third kappa shape index (κ3) is 5.12. The van der Waals surface area contributed by atoms with Crippen LogP contribution in [0.15, 0.2) is 48.5 Å². The molecule has 0 saturated carbocycles. The summed E-state index contributed by atoms with van der Waals surface area (Å²) in [5.74, 6) is 0.111. The van der Waals surface area contributed by atoms with Crippen molar-refractivity contribution in [3.8, 4) is 0 Å². The maximum atomic E-state index is 12.6. The lowest BCUT2D eigenvalue weighted by Gasteiger charge is -2.35. The molecule has 0 bridgehead atoms. The van der Waals surface area contributed by atoms with Crippen molar-refractivity contribution >= 4 is 23.4 Å². The average molecular weight is 400 g/mol. The van der Waals surface area contributed by atoms with Gasteiger partial charge in [-0.15, -0.1) is 0 Å². The monoisotopic (exact) mass is 399 g/mol. The molecule has 1 aliphatic rings. The van der Waals surface area contributed by atoms with Crippen LogP contribution in [0.25, 0.3) is 0 Å². The van der Waals surface area contributed by atoms with Gasteiger partial charge in [0.05, 0.1) is 6.54 Å². The Balaban J connectivity index is 1.48. The second-order valence-electron chi connectivity index (χ2n) is 7.25. The molecule has 1 heterocycles. The Morgan fingerprint density at radius 1 is 1.00 bits per heavy atom. The molecular formula is C22H26ClN3O2. The first kappa shape index (κ1) is 20.4. The number of likely N-dealkylation sites (N-methyl/N-ethyl adjacent to an activating group) is 1. The number of nitrogens with zero attached hydrogens (tertiary/aromatic N) is 3. The van der Waals surface area contributed by atoms with Crippen LogP contribution in [0.1, 0.15) is 21.5 Å². The molecule has 1 saturated heterocycles. The Morgan fingerprint density at radius 2 is 1.64 bits per heavy atom. The van der Waals surface area contributed by atoms with Gasteiger partial charge in [-0.05, 0) is 42.3 Å². The Bertz CT molecular complexity index is 830. The van der Waals surface area contributed by atoms with Gasteiger partial charge in [0.2, 0.25) is 5.91 Å². The minimum Gasteiger partial charge on any atom is -0.340 e. The molecule has 6 heteroatoms. The Labute approximate surface area is 171 Å². The van der Waals surface area contributed by atoms with E-state index in [0.717, 1.165) is 5.56 Å². The summed E-state index contributed by atoms with van der Waals surface area (Å²) in [4.78, 5) is 30.9. The highest BCUT2D eigenvalue weighted by Crippen LogP contribution is 2.14. The van der Waals surface area contributed by atoms with E-state index in [0.29, 0.717) is 49.9 Å². The summed E-state index contributed by atoms with van der Waals surface area (Å²) >= 11 is 5.89. The van der Waals surface area contributed by atoms with E-state index < -0.39 is 0 Å². The Morgan fingerprint density at radius 3 is 2.29 bits per heavy atom. The zero-order chi connectivity index (χ0) is 20.1. The molecular weight excluding hydrogens is 374 g/mol. The highest BCUT2D eigenvalue weighted by Gasteiger charge is 2.24. The predicted octanol–water partition coefficient (Wildman–Crippen LogP) is 3.06. The van der Waals surface area contributed by atoms with Crippen LogP contribution in [0.3, 0.4) is 0 Å². The average Bonchev–Trinajstić information content (AvgIpc) is 2.70. The van der Waals surface area contributed by atoms with Crippen molar-refractivity contribution in [1.29, 1.82) is 0 Å². The van der Waals surface area contributed by atoms with E-state index >= 15 is 0 Å². The van der Waals surface area contributed by atoms with Crippen LogP contribution >= 0.6 is 11.6 Å². The normalized spacial score (nSPS) is 14.8. The van der Waals surface area contributed by atoms with Crippen LogP contribution < -0.4 is 0 Å². The van der Waals surface area contributed by atoms with Crippen molar-refractivity contribution in [3.05, 3.63) is 70.2 Å². The molecule has 148 valence electrons. The molecule has 0 radical (unpaired) electrons. The number of rotatable bonds is 5. The maximum absolute atomic E-state index is 12.6. The number of hydrogen-bond acceptors (Lipinski definition) is 3. The standard InChI is InChI=1S/C22H26ClN3O2/c1-17-5-3-4-6-19(17)15-24(2)21(27)16-25-11-13-26(14-12-25)22(28)18-7-9-20(23)10-8-18/h3-10H,11-16H2,1-2H3. The largest absolute Gasteiger partial charge is 0.340 e. The van der Waals surface area contributed by atoms with Crippen LogP contribution in [0.4, 0.5) is 0 Å². The van der Waals surface area contributed by atoms with Gasteiger partial charge in [-0.1, -0.05) is 35.9 Å². The number of carbonyl (C=O) groups excluding carboxylic acids is 2. The van der Waals surface area contributed by atoms with Gasteiger partial charge in [0.25, 0.3) is 5.91 Å². The van der Waals surface area contributed by atoms with E-state index in [1.54, 1.807) is 29.2 Å². The topological polar surface area (TPSA) is 43.9 Å². The van der Waals surface area contributed by atoms with E-state index in [9.17, 15) is 9.59 Å². The third-order valence-electron chi connectivity index (χ3n) is 5.20. The number of amides is 2. The SMILES string of the molecule is Cc1ccccc1CN(C)C(=O)CN1CCN(C(=O)c2ccc(Cl)cc2)CC1. The number of carbonyl (C=O) groups is 2. The first-order valence-corrected chi connectivity index (χ1v) is 9.87. The molecule has 0 N–H and O–H groups in total. The second kappa shape index (κ2) is 9.22. The van der Waals surface area contributed by atoms with E-state index in [1.165, 1.54) is 5.56 Å². The maximum Gasteiger partial charge on any atom is 0.253 e. The zero-order valence-electron chi connectivity index (χ0n) is 16.4. The summed E-state index contributed by atoms with van der Waals surface area (Å²) < 4.78 is 0. The molecule has 0 aliphatic carbocycles. The van der Waals surface area contributed by atoms with Crippen molar-refractivity contribution in [2.75, 3.05) is 39.8 Å². The fourth-order valence-corrected chi connectivity index (χ4v) is 3.45. The summed E-state index contributed by atoms with van der Waals surface area (Å²) in [5, 5.41) is 0.620. The summed E-state index contributed by atoms with van der Waals surface area (Å²) in [7, 11) is 1.84. The number of hydrogen-bond donors (Lipinski definition) is 0. The van der Waals surface area contributed by atoms with Crippen molar-refractivity contribution in [1.82, 2.24) is 14.7 Å². The van der Waals surface area contributed by atoms with Crippen molar-refractivity contribution < 1.29 is 9.59 Å². The summed E-state index contributed by atoms with van der Waals surface area (Å²) in [5.41, 5.74) is 3.00. The van der Waals surface area contributed by atoms with E-state index in [1.807, 2.05) is 24.1 Å². The molecule has 0 aromatic heterocycles. The summed E-state index contributed by atoms with van der Waals surface area (Å²) in [6.07, 6.45) is 0. The first-order chi connectivity index (χ1) is 13.4. The lowest BCUT2D eigenvalue weighted by Crippen LogP contribution is -2.51. The molecule has 0 unspecified atom stereocenters. The molecule has 2 aromatic rings. The summed E-state index contributed by atoms with van der Waals surface area (Å²) in [6.45, 7) is 5.69. The lowest BCUT2D eigenvalue weighted by atomic mass is 10.1. The van der Waals surface area contributed by atoms with E-state index in [-0.39, 0.29) is 11.8 Å². The van der Waals surface area contributed by atoms with Gasteiger partial charge < -0.3 is 9.80 Å². The van der Waals surface area contributed by atoms with Crippen molar-refractivity contribution in [2.24, 2.45) is 0 Å². The Hall–Kier alpha value is -2.37. The highest BCUT2D eigenvalue weighted by atomic mass is 35.5. The quantitative estimate of drug-likeness (QED) is 0.776. The molecule has 2 aromatic carbocycles. The predicted molar refractivity (Wildman–Crippen MR) is 111 cm³/mol. The molecule has 2 amide bonds. The minimum atomic E-state index is 0.0133. The smallest absolute Gasteiger partial charge is 0.253 e. The number of benzene rings is 2. The second-order valence-corrected chi connectivity index (χ2v) is 7.69. The molecule has 28 heavy (non-hydrogen) atoms. The third-order valence-corrected chi connectivity index (χ3v) is 5.46. The highest BCUT2D eigenvalue weighted by molar-refractivity contribution is 6.30. The summed E-state index contributed by atoms with van der Waals surface area (Å²) in [6, 6.07) is 15.1. The van der Waals surface area contributed by atoms with Gasteiger partial charge >= 0.3 is 0 Å². The molecule has 0 atom stereocenters. The van der Waals surface area contributed by atoms with Crippen molar-refractivity contribution in [3.63, 3.8) is 0 Å². The van der Waals surface area contributed by atoms with Crippen LogP contribution in [0.2, 0.25) is 5.02 Å². The van der Waals surface area contributed by atoms with Gasteiger partial charge in [0, 0.05) is 50.4 Å². The van der Waals surface area contributed by atoms with Gasteiger partial charge in [0.1, 0.15) is 0 Å². The van der Waals surface area contributed by atoms with Crippen LogP contribution in [-0.2, 0) is 11.3 Å². The van der Waals surface area contributed by atoms with Gasteiger partial charge in [0.15, 0.2) is 0 Å². The number of aryl methyl sites for hydroxylation is 1. The lowest BCUT2D eigenvalue weighted by molar-refractivity contribution is -0.132. The number of piperazine rings is 1. The van der Waals surface area contributed by atoms with Crippen molar-refractivity contribution in [2.45, 2.75) is 13.5 Å². The molecule has 1 fully saturated rings. The van der Waals surface area contributed by atoms with E-state index in [2.05, 4.69) is 24.0 Å². The molecule has 3 rings (SSSR count). The van der Waals surface area contributed by atoms with Crippen LogP contribution in [0.5, 0.6) is 0 Å². The Kier molecular flexibility index (Phi) is 6.70. The van der Waals surface area contributed by atoms with Gasteiger partial charge in [-0.25, -0.2) is 0 Å². The molecule has 1 aliphatic heterocycles. The number of halogens is 1. The van der Waals surface area contributed by atoms with Crippen LogP contribution in [0, 0.1) is 6.92 Å². The molecule has 0 spiro atoms. The zero-order valence-corrected chi connectivity index (χ0v) is 17.2. The minimum absolute atomic E-state index is 0.0133. The fourth-order valence-electron chi connectivity index (χ4n) is 3.33. The van der Waals surface area contributed by atoms with Gasteiger partial charge in [-0.3, -0.25) is 14.5 Å². The molecule has 5 nitrogen and oxygen atoms in total. The van der Waals surface area contributed by atoms with E-state index in [4.69, 9.17) is 11.6 Å². The van der Waals surface area contributed by atoms with Gasteiger partial charge in [-0.2, -0.15) is 0 Å².